The second-order valence-electron chi connectivity index (χ2n) is 10.3. The van der Waals surface area contributed by atoms with Gasteiger partial charge in [-0.25, -0.2) is 0 Å². The fourth-order valence-electron chi connectivity index (χ4n) is 7.12. The molecule has 0 heterocycles. The summed E-state index contributed by atoms with van der Waals surface area (Å²) < 4.78 is 5.25. The van der Waals surface area contributed by atoms with Crippen molar-refractivity contribution in [2.75, 3.05) is 7.11 Å². The average Bonchev–Trinajstić information content (AvgIpc) is 2.53. The van der Waals surface area contributed by atoms with Gasteiger partial charge in [0.1, 0.15) is 0 Å². The first-order valence-electron chi connectivity index (χ1n) is 10.3. The first kappa shape index (κ1) is 18.3. The summed E-state index contributed by atoms with van der Waals surface area (Å²) >= 11 is 0. The first-order chi connectivity index (χ1) is 11.2. The van der Waals surface area contributed by atoms with Crippen molar-refractivity contribution in [1.29, 1.82) is 0 Å². The molecule has 0 amide bonds. The molecular formula is C22H38O2. The van der Waals surface area contributed by atoms with Crippen molar-refractivity contribution in [3.8, 4) is 0 Å². The topological polar surface area (TPSA) is 26.3 Å². The van der Waals surface area contributed by atoms with Crippen LogP contribution in [0.1, 0.15) is 86.0 Å². The molecule has 24 heavy (non-hydrogen) atoms. The summed E-state index contributed by atoms with van der Waals surface area (Å²) in [5.74, 6) is 3.01. The molecule has 3 saturated carbocycles. The molecule has 0 aromatic rings. The normalized spacial score (nSPS) is 48.5. The van der Waals surface area contributed by atoms with Gasteiger partial charge < -0.3 is 4.74 Å². The Morgan fingerprint density at radius 1 is 1.04 bits per heavy atom. The molecule has 2 heteroatoms. The second-order valence-corrected chi connectivity index (χ2v) is 10.3. The van der Waals surface area contributed by atoms with E-state index >= 15 is 0 Å². The monoisotopic (exact) mass is 334 g/mol. The third kappa shape index (κ3) is 2.54. The first-order valence-corrected chi connectivity index (χ1v) is 10.3. The number of carbonyl (C=O) groups is 1. The van der Waals surface area contributed by atoms with E-state index in [1.165, 1.54) is 44.9 Å². The maximum atomic E-state index is 12.6. The van der Waals surface area contributed by atoms with Crippen LogP contribution in [0.25, 0.3) is 0 Å². The van der Waals surface area contributed by atoms with E-state index < -0.39 is 0 Å². The number of esters is 1. The van der Waals surface area contributed by atoms with Crippen LogP contribution in [-0.2, 0) is 9.53 Å². The maximum absolute atomic E-state index is 12.6. The summed E-state index contributed by atoms with van der Waals surface area (Å²) in [4.78, 5) is 12.6. The van der Waals surface area contributed by atoms with Crippen molar-refractivity contribution < 1.29 is 9.53 Å². The van der Waals surface area contributed by atoms with Gasteiger partial charge in [-0.15, -0.1) is 0 Å². The van der Waals surface area contributed by atoms with Crippen LogP contribution >= 0.6 is 0 Å². The molecule has 0 spiro atoms. The number of hydrogen-bond acceptors (Lipinski definition) is 2. The third-order valence-electron chi connectivity index (χ3n) is 9.02. The van der Waals surface area contributed by atoms with Gasteiger partial charge in [-0.1, -0.05) is 34.1 Å². The van der Waals surface area contributed by atoms with Gasteiger partial charge in [0.05, 0.1) is 12.5 Å². The predicted molar refractivity (Wildman–Crippen MR) is 98.6 cm³/mol. The van der Waals surface area contributed by atoms with Gasteiger partial charge in [0.25, 0.3) is 0 Å². The van der Waals surface area contributed by atoms with Crippen LogP contribution in [-0.4, -0.2) is 13.1 Å². The Morgan fingerprint density at radius 3 is 2.38 bits per heavy atom. The van der Waals surface area contributed by atoms with E-state index in [0.717, 1.165) is 24.2 Å². The van der Waals surface area contributed by atoms with Crippen LogP contribution in [0, 0.1) is 39.9 Å². The van der Waals surface area contributed by atoms with E-state index in [4.69, 9.17) is 4.74 Å². The van der Waals surface area contributed by atoms with Gasteiger partial charge in [0.2, 0.25) is 0 Å². The minimum atomic E-state index is -0.258. The Morgan fingerprint density at radius 2 is 1.75 bits per heavy atom. The molecule has 138 valence electrons. The van der Waals surface area contributed by atoms with Crippen LogP contribution in [0.15, 0.2) is 0 Å². The molecule has 0 radical (unpaired) electrons. The van der Waals surface area contributed by atoms with Crippen molar-refractivity contribution in [3.05, 3.63) is 0 Å². The highest BCUT2D eigenvalue weighted by Gasteiger charge is 2.60. The fraction of sp³-hybridized carbons (Fsp3) is 0.955. The van der Waals surface area contributed by atoms with E-state index in [1.807, 2.05) is 0 Å². The van der Waals surface area contributed by atoms with Crippen molar-refractivity contribution in [2.45, 2.75) is 86.0 Å². The second kappa shape index (κ2) is 6.02. The van der Waals surface area contributed by atoms with E-state index in [2.05, 4.69) is 34.6 Å². The Hall–Kier alpha value is -0.530. The lowest BCUT2D eigenvalue weighted by Gasteiger charge is -2.62. The van der Waals surface area contributed by atoms with E-state index in [9.17, 15) is 4.79 Å². The Labute approximate surface area is 149 Å². The molecule has 0 N–H and O–H groups in total. The molecule has 0 aromatic carbocycles. The van der Waals surface area contributed by atoms with Crippen LogP contribution in [0.3, 0.4) is 0 Å². The summed E-state index contributed by atoms with van der Waals surface area (Å²) in [6, 6.07) is 0. The molecule has 0 aromatic heterocycles. The van der Waals surface area contributed by atoms with Crippen molar-refractivity contribution in [3.63, 3.8) is 0 Å². The van der Waals surface area contributed by atoms with Crippen molar-refractivity contribution in [1.82, 2.24) is 0 Å². The minimum absolute atomic E-state index is 0.0414. The Kier molecular flexibility index (Phi) is 4.58. The molecule has 6 atom stereocenters. The van der Waals surface area contributed by atoms with Crippen LogP contribution in [0.4, 0.5) is 0 Å². The summed E-state index contributed by atoms with van der Waals surface area (Å²) in [6.07, 6.45) is 10.2. The maximum Gasteiger partial charge on any atom is 0.311 e. The molecule has 3 aliphatic rings. The fourth-order valence-corrected chi connectivity index (χ4v) is 7.12. The van der Waals surface area contributed by atoms with Crippen LogP contribution in [0.5, 0.6) is 0 Å². The quantitative estimate of drug-likeness (QED) is 0.593. The molecule has 3 rings (SSSR count). The zero-order valence-corrected chi connectivity index (χ0v) is 16.8. The van der Waals surface area contributed by atoms with Gasteiger partial charge >= 0.3 is 5.97 Å². The molecule has 0 saturated heterocycles. The predicted octanol–water partition coefficient (Wildman–Crippen LogP) is 5.84. The highest BCUT2D eigenvalue weighted by Crippen LogP contribution is 2.66. The molecule has 0 bridgehead atoms. The molecule has 6 unspecified atom stereocenters. The molecular weight excluding hydrogens is 296 g/mol. The smallest absolute Gasteiger partial charge is 0.311 e. The highest BCUT2D eigenvalue weighted by molar-refractivity contribution is 5.77. The molecule has 3 aliphatic carbocycles. The molecule has 0 aliphatic heterocycles. The summed E-state index contributed by atoms with van der Waals surface area (Å²) in [5, 5.41) is 0. The summed E-state index contributed by atoms with van der Waals surface area (Å²) in [6.45, 7) is 12.0. The average molecular weight is 335 g/mol. The van der Waals surface area contributed by atoms with Gasteiger partial charge in [0, 0.05) is 0 Å². The van der Waals surface area contributed by atoms with Crippen LogP contribution in [0.2, 0.25) is 0 Å². The lowest BCUT2D eigenvalue weighted by atomic mass is 9.42. The third-order valence-corrected chi connectivity index (χ3v) is 9.02. The zero-order chi connectivity index (χ0) is 17.8. The minimum Gasteiger partial charge on any atom is -0.469 e. The van der Waals surface area contributed by atoms with E-state index in [0.29, 0.717) is 16.7 Å². The van der Waals surface area contributed by atoms with Crippen molar-refractivity contribution in [2.24, 2.45) is 39.9 Å². The van der Waals surface area contributed by atoms with Gasteiger partial charge in [-0.05, 0) is 86.4 Å². The van der Waals surface area contributed by atoms with E-state index in [1.54, 1.807) is 7.11 Å². The van der Waals surface area contributed by atoms with Gasteiger partial charge in [-0.2, -0.15) is 0 Å². The van der Waals surface area contributed by atoms with Crippen LogP contribution < -0.4 is 0 Å². The SMILES string of the molecule is COC(=O)C1(C)CCCC2(C)C3CCC(C)(C(C)C)CC3CCC12. The lowest BCUT2D eigenvalue weighted by molar-refractivity contribution is -0.178. The lowest BCUT2D eigenvalue weighted by Crippen LogP contribution is -2.57. The Balaban J connectivity index is 1.88. The highest BCUT2D eigenvalue weighted by atomic mass is 16.5. The van der Waals surface area contributed by atoms with Crippen molar-refractivity contribution >= 4 is 5.97 Å². The number of methoxy groups -OCH3 is 1. The zero-order valence-electron chi connectivity index (χ0n) is 16.8. The Bertz CT molecular complexity index is 498. The number of carbonyl (C=O) groups excluding carboxylic acids is 1. The van der Waals surface area contributed by atoms with Gasteiger partial charge in [-0.3, -0.25) is 4.79 Å². The molecule has 3 fully saturated rings. The summed E-state index contributed by atoms with van der Waals surface area (Å²) in [7, 11) is 1.57. The van der Waals surface area contributed by atoms with Gasteiger partial charge in [0.15, 0.2) is 0 Å². The summed E-state index contributed by atoms with van der Waals surface area (Å²) in [5.41, 5.74) is 0.596. The largest absolute Gasteiger partial charge is 0.469 e. The number of ether oxygens (including phenoxy) is 1. The van der Waals surface area contributed by atoms with E-state index in [-0.39, 0.29) is 11.4 Å². The molecule has 2 nitrogen and oxygen atoms in total. The number of hydrogen-bond donors (Lipinski definition) is 0. The standard InChI is InChI=1S/C22H38O2/c1-15(2)20(3)13-10-17-16(14-20)8-9-18-21(17,4)11-7-12-22(18,5)19(23)24-6/h15-18H,7-14H2,1-6H3. The number of rotatable bonds is 2. The number of fused-ring (bicyclic) bond motifs is 3.